The van der Waals surface area contributed by atoms with Crippen molar-refractivity contribution in [3.63, 3.8) is 0 Å². The van der Waals surface area contributed by atoms with Crippen LogP contribution in [0.25, 0.3) is 11.5 Å². The van der Waals surface area contributed by atoms with E-state index in [9.17, 15) is 5.11 Å². The highest BCUT2D eigenvalue weighted by Gasteiger charge is 2.32. The first kappa shape index (κ1) is 12.1. The monoisotopic (exact) mass is 327 g/mol. The standard InChI is InChI=1S/C11H10BrN3O2S/c12-7-2-1-3-13-9(7)10-14-11(17-15-10)6-4-18-5-8(6)16/h1-3,6,8,16H,4-5H2. The van der Waals surface area contributed by atoms with Gasteiger partial charge in [-0.05, 0) is 28.1 Å². The number of rotatable bonds is 2. The molecule has 3 heterocycles. The third-order valence-corrected chi connectivity index (χ3v) is 4.59. The van der Waals surface area contributed by atoms with Crippen molar-refractivity contribution >= 4 is 27.7 Å². The molecule has 0 amide bonds. The first-order valence-corrected chi connectivity index (χ1v) is 7.41. The predicted molar refractivity (Wildman–Crippen MR) is 71.3 cm³/mol. The first-order valence-electron chi connectivity index (χ1n) is 5.46. The summed E-state index contributed by atoms with van der Waals surface area (Å²) < 4.78 is 6.05. The van der Waals surface area contributed by atoms with Crippen LogP contribution in [0.1, 0.15) is 11.8 Å². The summed E-state index contributed by atoms with van der Waals surface area (Å²) in [7, 11) is 0. The maximum absolute atomic E-state index is 9.80. The zero-order chi connectivity index (χ0) is 12.5. The van der Waals surface area contributed by atoms with E-state index in [4.69, 9.17) is 4.52 Å². The second-order valence-corrected chi connectivity index (χ2v) is 5.93. The largest absolute Gasteiger partial charge is 0.391 e. The molecule has 1 aliphatic rings. The molecule has 1 saturated heterocycles. The van der Waals surface area contributed by atoms with E-state index >= 15 is 0 Å². The summed E-state index contributed by atoms with van der Waals surface area (Å²) in [4.78, 5) is 8.54. The smallest absolute Gasteiger partial charge is 0.233 e. The van der Waals surface area contributed by atoms with Crippen LogP contribution in [0.2, 0.25) is 0 Å². The predicted octanol–water partition coefficient (Wildman–Crippen LogP) is 2.09. The summed E-state index contributed by atoms with van der Waals surface area (Å²) in [6.45, 7) is 0. The molecule has 2 atom stereocenters. The molecule has 7 heteroatoms. The van der Waals surface area contributed by atoms with Gasteiger partial charge in [-0.1, -0.05) is 5.16 Å². The zero-order valence-electron chi connectivity index (χ0n) is 9.28. The Kier molecular flexibility index (Phi) is 3.36. The molecule has 1 aliphatic heterocycles. The zero-order valence-corrected chi connectivity index (χ0v) is 11.7. The van der Waals surface area contributed by atoms with Crippen LogP contribution in [0.15, 0.2) is 27.3 Å². The fourth-order valence-corrected chi connectivity index (χ4v) is 3.47. The molecule has 1 N–H and O–H groups in total. The van der Waals surface area contributed by atoms with Crippen LogP contribution in [-0.2, 0) is 0 Å². The number of aliphatic hydroxyl groups excluding tert-OH is 1. The molecule has 3 rings (SSSR count). The third kappa shape index (κ3) is 2.17. The molecule has 0 spiro atoms. The lowest BCUT2D eigenvalue weighted by atomic mass is 10.1. The number of aliphatic hydroxyl groups is 1. The van der Waals surface area contributed by atoms with Gasteiger partial charge >= 0.3 is 0 Å². The van der Waals surface area contributed by atoms with Crippen molar-refractivity contribution in [3.8, 4) is 11.5 Å². The van der Waals surface area contributed by atoms with Gasteiger partial charge in [0, 0.05) is 22.2 Å². The van der Waals surface area contributed by atoms with E-state index in [2.05, 4.69) is 31.1 Å². The minimum absolute atomic E-state index is 0.0706. The van der Waals surface area contributed by atoms with E-state index in [0.29, 0.717) is 17.4 Å². The van der Waals surface area contributed by atoms with Crippen LogP contribution in [-0.4, -0.2) is 37.8 Å². The van der Waals surface area contributed by atoms with Crippen molar-refractivity contribution < 1.29 is 9.63 Å². The van der Waals surface area contributed by atoms with Gasteiger partial charge in [0.2, 0.25) is 11.7 Å². The molecule has 1 fully saturated rings. The van der Waals surface area contributed by atoms with E-state index in [1.54, 1.807) is 18.0 Å². The van der Waals surface area contributed by atoms with Crippen molar-refractivity contribution in [1.82, 2.24) is 15.1 Å². The summed E-state index contributed by atoms with van der Waals surface area (Å²) in [6, 6.07) is 3.70. The van der Waals surface area contributed by atoms with Crippen LogP contribution >= 0.6 is 27.7 Å². The van der Waals surface area contributed by atoms with E-state index in [0.717, 1.165) is 16.0 Å². The van der Waals surface area contributed by atoms with Crippen molar-refractivity contribution in [2.75, 3.05) is 11.5 Å². The molecule has 94 valence electrons. The lowest BCUT2D eigenvalue weighted by Crippen LogP contribution is -2.15. The molecular weight excluding hydrogens is 318 g/mol. The second-order valence-electron chi connectivity index (χ2n) is 4.00. The van der Waals surface area contributed by atoms with Crippen LogP contribution in [0.5, 0.6) is 0 Å². The summed E-state index contributed by atoms with van der Waals surface area (Å²) in [5.74, 6) is 2.39. The Hall–Kier alpha value is -0.920. The highest BCUT2D eigenvalue weighted by atomic mass is 79.9. The summed E-state index contributed by atoms with van der Waals surface area (Å²) in [6.07, 6.45) is 1.27. The number of pyridine rings is 1. The summed E-state index contributed by atoms with van der Waals surface area (Å²) in [5, 5.41) is 13.7. The lowest BCUT2D eigenvalue weighted by molar-refractivity contribution is 0.164. The fraction of sp³-hybridized carbons (Fsp3) is 0.364. The number of halogens is 1. The van der Waals surface area contributed by atoms with Crippen molar-refractivity contribution in [2.45, 2.75) is 12.0 Å². The number of aromatic nitrogens is 3. The van der Waals surface area contributed by atoms with Crippen LogP contribution in [0, 0.1) is 0 Å². The van der Waals surface area contributed by atoms with E-state index < -0.39 is 6.10 Å². The van der Waals surface area contributed by atoms with Gasteiger partial charge in [-0.2, -0.15) is 16.7 Å². The molecule has 0 bridgehead atoms. The van der Waals surface area contributed by atoms with Gasteiger partial charge in [0.05, 0.1) is 12.0 Å². The normalized spacial score (nSPS) is 23.4. The number of nitrogens with zero attached hydrogens (tertiary/aromatic N) is 3. The Bertz CT molecular complexity index is 563. The Morgan fingerprint density at radius 1 is 1.44 bits per heavy atom. The van der Waals surface area contributed by atoms with Gasteiger partial charge in [-0.25, -0.2) is 0 Å². The summed E-state index contributed by atoms with van der Waals surface area (Å²) in [5.41, 5.74) is 0.646. The molecule has 18 heavy (non-hydrogen) atoms. The van der Waals surface area contributed by atoms with Gasteiger partial charge in [0.15, 0.2) is 0 Å². The number of hydrogen-bond acceptors (Lipinski definition) is 6. The molecule has 5 nitrogen and oxygen atoms in total. The van der Waals surface area contributed by atoms with Gasteiger partial charge < -0.3 is 9.63 Å². The highest BCUT2D eigenvalue weighted by Crippen LogP contribution is 2.33. The van der Waals surface area contributed by atoms with Gasteiger partial charge in [0.1, 0.15) is 5.69 Å². The van der Waals surface area contributed by atoms with Crippen molar-refractivity contribution in [1.29, 1.82) is 0 Å². The quantitative estimate of drug-likeness (QED) is 0.910. The number of hydrogen-bond donors (Lipinski definition) is 1. The first-order chi connectivity index (χ1) is 8.75. The SMILES string of the molecule is OC1CSCC1c1nc(-c2ncccc2Br)no1. The molecule has 2 unspecified atom stereocenters. The number of thioether (sulfide) groups is 1. The van der Waals surface area contributed by atoms with E-state index in [-0.39, 0.29) is 5.92 Å². The Morgan fingerprint density at radius 2 is 2.33 bits per heavy atom. The third-order valence-electron chi connectivity index (χ3n) is 2.78. The van der Waals surface area contributed by atoms with E-state index in [1.807, 2.05) is 12.1 Å². The van der Waals surface area contributed by atoms with Crippen molar-refractivity contribution in [2.24, 2.45) is 0 Å². The highest BCUT2D eigenvalue weighted by molar-refractivity contribution is 9.10. The van der Waals surface area contributed by atoms with Crippen molar-refractivity contribution in [3.05, 3.63) is 28.7 Å². The van der Waals surface area contributed by atoms with Gasteiger partial charge in [0.25, 0.3) is 0 Å². The topological polar surface area (TPSA) is 72.0 Å². The van der Waals surface area contributed by atoms with Crippen LogP contribution in [0.3, 0.4) is 0 Å². The molecule has 0 radical (unpaired) electrons. The molecule has 0 aliphatic carbocycles. The maximum Gasteiger partial charge on any atom is 0.233 e. The summed E-state index contributed by atoms with van der Waals surface area (Å²) >= 11 is 5.09. The molecule has 0 saturated carbocycles. The molecule has 2 aromatic rings. The second kappa shape index (κ2) is 4.99. The Balaban J connectivity index is 1.92. The fourth-order valence-electron chi connectivity index (χ4n) is 1.81. The van der Waals surface area contributed by atoms with Gasteiger partial charge in [-0.15, -0.1) is 0 Å². The molecular formula is C11H10BrN3O2S. The van der Waals surface area contributed by atoms with Crippen LogP contribution < -0.4 is 0 Å². The molecule has 2 aromatic heterocycles. The van der Waals surface area contributed by atoms with E-state index in [1.165, 1.54) is 0 Å². The average molecular weight is 328 g/mol. The minimum atomic E-state index is -0.407. The molecule has 0 aromatic carbocycles. The Morgan fingerprint density at radius 3 is 3.06 bits per heavy atom. The minimum Gasteiger partial charge on any atom is -0.391 e. The maximum atomic E-state index is 9.80. The average Bonchev–Trinajstić information content (AvgIpc) is 2.98. The lowest BCUT2D eigenvalue weighted by Gasteiger charge is -2.06. The van der Waals surface area contributed by atoms with Crippen LogP contribution in [0.4, 0.5) is 0 Å². The Labute approximate surface area is 116 Å². The van der Waals surface area contributed by atoms with Gasteiger partial charge in [-0.3, -0.25) is 4.98 Å².